The molecule has 6 nitrogen and oxygen atoms in total. The molecule has 7 heteroatoms. The van der Waals surface area contributed by atoms with E-state index >= 15 is 0 Å². The van der Waals surface area contributed by atoms with E-state index < -0.39 is 4.92 Å². The second kappa shape index (κ2) is 6.44. The van der Waals surface area contributed by atoms with Crippen LogP contribution in [0.25, 0.3) is 0 Å². The van der Waals surface area contributed by atoms with Crippen molar-refractivity contribution in [2.75, 3.05) is 26.0 Å². The first-order chi connectivity index (χ1) is 9.59. The highest BCUT2D eigenvalue weighted by molar-refractivity contribution is 7.07. The fraction of sp³-hybridized carbons (Fsp3) is 0.308. The number of hydrogen-bond donors (Lipinski definition) is 1. The van der Waals surface area contributed by atoms with Gasteiger partial charge in [0, 0.05) is 18.8 Å². The zero-order valence-corrected chi connectivity index (χ0v) is 12.1. The molecule has 0 saturated heterocycles. The first kappa shape index (κ1) is 14.4. The molecule has 1 unspecified atom stereocenters. The summed E-state index contributed by atoms with van der Waals surface area (Å²) >= 11 is 1.64. The summed E-state index contributed by atoms with van der Waals surface area (Å²) in [5.74, 6) is 0.305. The van der Waals surface area contributed by atoms with Crippen molar-refractivity contribution in [3.8, 4) is 0 Å². The van der Waals surface area contributed by atoms with E-state index in [-0.39, 0.29) is 11.7 Å². The number of pyridine rings is 1. The molecule has 0 fully saturated rings. The third kappa shape index (κ3) is 3.31. The Labute approximate surface area is 121 Å². The molecule has 20 heavy (non-hydrogen) atoms. The van der Waals surface area contributed by atoms with Crippen molar-refractivity contribution in [2.45, 2.75) is 6.04 Å². The van der Waals surface area contributed by atoms with Gasteiger partial charge in [-0.25, -0.2) is 4.98 Å². The largest absolute Gasteiger partial charge is 0.362 e. The van der Waals surface area contributed by atoms with Gasteiger partial charge in [-0.05, 0) is 42.6 Å². The molecule has 106 valence electrons. The summed E-state index contributed by atoms with van der Waals surface area (Å²) in [6.45, 7) is 0.557. The van der Waals surface area contributed by atoms with Gasteiger partial charge in [-0.2, -0.15) is 11.3 Å². The van der Waals surface area contributed by atoms with Crippen LogP contribution in [0, 0.1) is 10.1 Å². The number of nitrogens with one attached hydrogen (secondary N) is 1. The molecule has 2 heterocycles. The highest BCUT2D eigenvalue weighted by Gasteiger charge is 2.18. The average molecular weight is 292 g/mol. The predicted molar refractivity (Wildman–Crippen MR) is 80.1 cm³/mol. The molecule has 0 aromatic carbocycles. The Hall–Kier alpha value is -1.99. The zero-order chi connectivity index (χ0) is 14.5. The maximum atomic E-state index is 10.9. The third-order valence-electron chi connectivity index (χ3n) is 3.00. The van der Waals surface area contributed by atoms with Crippen LogP contribution in [0.1, 0.15) is 11.6 Å². The van der Waals surface area contributed by atoms with Gasteiger partial charge in [-0.15, -0.1) is 0 Å². The number of thiophene rings is 1. The molecule has 0 aliphatic rings. The van der Waals surface area contributed by atoms with Crippen molar-refractivity contribution in [3.05, 3.63) is 50.8 Å². The van der Waals surface area contributed by atoms with Crippen LogP contribution in [-0.4, -0.2) is 35.4 Å². The lowest BCUT2D eigenvalue weighted by Gasteiger charge is -2.24. The van der Waals surface area contributed by atoms with Crippen molar-refractivity contribution in [2.24, 2.45) is 0 Å². The first-order valence-electron chi connectivity index (χ1n) is 6.11. The number of aromatic nitrogens is 1. The Kier molecular flexibility index (Phi) is 4.65. The standard InChI is InChI=1S/C13H16N4O2S/c1-16(2)12(10-5-7-20-9-10)8-15-13-11(17(18)19)4-3-6-14-13/h3-7,9,12H,8H2,1-2H3,(H,14,15). The highest BCUT2D eigenvalue weighted by atomic mass is 32.1. The van der Waals surface area contributed by atoms with Gasteiger partial charge < -0.3 is 10.2 Å². The highest BCUT2D eigenvalue weighted by Crippen LogP contribution is 2.24. The summed E-state index contributed by atoms with van der Waals surface area (Å²) in [6, 6.07) is 5.21. The van der Waals surface area contributed by atoms with E-state index in [1.165, 1.54) is 11.6 Å². The molecule has 2 aromatic rings. The Bertz CT molecular complexity index is 572. The first-order valence-corrected chi connectivity index (χ1v) is 7.05. The third-order valence-corrected chi connectivity index (χ3v) is 3.70. The van der Waals surface area contributed by atoms with Crippen LogP contribution in [0.15, 0.2) is 35.2 Å². The minimum Gasteiger partial charge on any atom is -0.362 e. The Morgan fingerprint density at radius 2 is 2.30 bits per heavy atom. The van der Waals surface area contributed by atoms with Crippen LogP contribution >= 0.6 is 11.3 Å². The van der Waals surface area contributed by atoms with Crippen LogP contribution in [0.5, 0.6) is 0 Å². The van der Waals surface area contributed by atoms with E-state index in [0.29, 0.717) is 12.4 Å². The van der Waals surface area contributed by atoms with Crippen LogP contribution in [0.4, 0.5) is 11.5 Å². The van der Waals surface area contributed by atoms with Gasteiger partial charge in [0.25, 0.3) is 0 Å². The van der Waals surface area contributed by atoms with Crippen LogP contribution in [-0.2, 0) is 0 Å². The molecule has 0 bridgehead atoms. The van der Waals surface area contributed by atoms with E-state index in [1.54, 1.807) is 23.6 Å². The number of anilines is 1. The van der Waals surface area contributed by atoms with E-state index in [4.69, 9.17) is 0 Å². The molecular weight excluding hydrogens is 276 g/mol. The minimum absolute atomic E-state index is 0.00433. The number of hydrogen-bond acceptors (Lipinski definition) is 6. The van der Waals surface area contributed by atoms with E-state index in [0.717, 1.165) is 0 Å². The van der Waals surface area contributed by atoms with E-state index in [1.807, 2.05) is 19.5 Å². The molecule has 2 rings (SSSR count). The maximum absolute atomic E-state index is 10.9. The summed E-state index contributed by atoms with van der Waals surface area (Å²) in [6.07, 6.45) is 1.55. The van der Waals surface area contributed by atoms with Gasteiger partial charge >= 0.3 is 5.69 Å². The molecule has 0 saturated carbocycles. The molecule has 0 spiro atoms. The lowest BCUT2D eigenvalue weighted by atomic mass is 10.1. The Morgan fingerprint density at radius 3 is 2.90 bits per heavy atom. The normalized spacial score (nSPS) is 12.3. The van der Waals surface area contributed by atoms with Crippen molar-refractivity contribution < 1.29 is 4.92 Å². The van der Waals surface area contributed by atoms with Gasteiger partial charge in [-0.3, -0.25) is 10.1 Å². The van der Waals surface area contributed by atoms with Gasteiger partial charge in [0.2, 0.25) is 5.82 Å². The number of likely N-dealkylation sites (N-methyl/N-ethyl adjacent to an activating group) is 1. The van der Waals surface area contributed by atoms with E-state index in [9.17, 15) is 10.1 Å². The summed E-state index contributed by atoms with van der Waals surface area (Å²) in [5.41, 5.74) is 1.18. The molecule has 1 atom stereocenters. The quantitative estimate of drug-likeness (QED) is 0.655. The minimum atomic E-state index is -0.426. The molecule has 0 radical (unpaired) electrons. The van der Waals surface area contributed by atoms with Crippen LogP contribution in [0.3, 0.4) is 0 Å². The van der Waals surface area contributed by atoms with E-state index in [2.05, 4.69) is 26.6 Å². The molecule has 0 amide bonds. The molecule has 0 aliphatic heterocycles. The lowest BCUT2D eigenvalue weighted by molar-refractivity contribution is -0.384. The Morgan fingerprint density at radius 1 is 1.50 bits per heavy atom. The van der Waals surface area contributed by atoms with Crippen LogP contribution in [0.2, 0.25) is 0 Å². The summed E-state index contributed by atoms with van der Waals surface area (Å²) in [4.78, 5) is 16.6. The molecular formula is C13H16N4O2S. The molecule has 2 aromatic heterocycles. The number of rotatable bonds is 6. The summed E-state index contributed by atoms with van der Waals surface area (Å²) in [5, 5.41) is 18.1. The predicted octanol–water partition coefficient (Wildman–Crippen LogP) is 2.77. The van der Waals surface area contributed by atoms with Crippen molar-refractivity contribution >= 4 is 22.8 Å². The van der Waals surface area contributed by atoms with Gasteiger partial charge in [0.05, 0.1) is 11.0 Å². The smallest absolute Gasteiger partial charge is 0.311 e. The fourth-order valence-electron chi connectivity index (χ4n) is 1.94. The van der Waals surface area contributed by atoms with Gasteiger partial charge in [-0.1, -0.05) is 0 Å². The monoisotopic (exact) mass is 292 g/mol. The van der Waals surface area contributed by atoms with Crippen LogP contribution < -0.4 is 5.32 Å². The zero-order valence-electron chi connectivity index (χ0n) is 11.3. The summed E-state index contributed by atoms with van der Waals surface area (Å²) in [7, 11) is 3.97. The summed E-state index contributed by atoms with van der Waals surface area (Å²) < 4.78 is 0. The molecule has 0 aliphatic carbocycles. The van der Waals surface area contributed by atoms with Gasteiger partial charge in [0.15, 0.2) is 0 Å². The lowest BCUT2D eigenvalue weighted by Crippen LogP contribution is -2.26. The van der Waals surface area contributed by atoms with Crippen molar-refractivity contribution in [3.63, 3.8) is 0 Å². The second-order valence-electron chi connectivity index (χ2n) is 4.55. The van der Waals surface area contributed by atoms with Crippen molar-refractivity contribution in [1.29, 1.82) is 0 Å². The topological polar surface area (TPSA) is 71.3 Å². The molecule has 1 N–H and O–H groups in total. The fourth-order valence-corrected chi connectivity index (χ4v) is 2.64. The average Bonchev–Trinajstić information content (AvgIpc) is 2.92. The SMILES string of the molecule is CN(C)C(CNc1ncccc1[N+](=O)[O-])c1ccsc1. The van der Waals surface area contributed by atoms with Gasteiger partial charge in [0.1, 0.15) is 0 Å². The maximum Gasteiger partial charge on any atom is 0.311 e. The number of nitro groups is 1. The Balaban J connectivity index is 2.13. The second-order valence-corrected chi connectivity index (χ2v) is 5.33. The number of nitrogens with zero attached hydrogens (tertiary/aromatic N) is 3. The van der Waals surface area contributed by atoms with Crippen molar-refractivity contribution in [1.82, 2.24) is 9.88 Å².